The van der Waals surface area contributed by atoms with Gasteiger partial charge in [0.15, 0.2) is 0 Å². The number of aromatic carboxylic acids is 1. The fraction of sp³-hybridized carbons (Fsp3) is 0.500. The molecule has 1 N–H and O–H groups in total. The Morgan fingerprint density at radius 1 is 1.38 bits per heavy atom. The molecule has 0 spiro atoms. The van der Waals surface area contributed by atoms with E-state index in [1.54, 1.807) is 14.0 Å². The standard InChI is InChI=1S/C12H16N2O5S2/c1-8-6-10(20-11(8)12(16)17)21(18,19)14-5-3-4-13(2)9(15)7-14/h6H,3-5,7H2,1-2H3,(H,16,17). The number of carbonyl (C=O) groups excluding carboxylic acids is 1. The Balaban J connectivity index is 2.35. The van der Waals surface area contributed by atoms with Crippen LogP contribution in [0.3, 0.4) is 0 Å². The van der Waals surface area contributed by atoms with Crippen LogP contribution in [-0.2, 0) is 14.8 Å². The van der Waals surface area contributed by atoms with E-state index in [1.807, 2.05) is 0 Å². The van der Waals surface area contributed by atoms with Gasteiger partial charge in [-0.15, -0.1) is 11.3 Å². The van der Waals surface area contributed by atoms with Crippen molar-refractivity contribution in [2.24, 2.45) is 0 Å². The molecule has 1 aromatic heterocycles. The molecule has 9 heteroatoms. The van der Waals surface area contributed by atoms with Gasteiger partial charge >= 0.3 is 5.97 Å². The van der Waals surface area contributed by atoms with E-state index in [0.29, 0.717) is 18.5 Å². The summed E-state index contributed by atoms with van der Waals surface area (Å²) in [7, 11) is -2.20. The number of hydrogen-bond acceptors (Lipinski definition) is 5. The molecule has 1 aliphatic rings. The maximum absolute atomic E-state index is 12.6. The summed E-state index contributed by atoms with van der Waals surface area (Å²) in [5.41, 5.74) is 0.407. The van der Waals surface area contributed by atoms with Crippen molar-refractivity contribution >= 4 is 33.2 Å². The van der Waals surface area contributed by atoms with Gasteiger partial charge in [0.2, 0.25) is 5.91 Å². The average Bonchev–Trinajstić information content (AvgIpc) is 2.71. The lowest BCUT2D eigenvalue weighted by molar-refractivity contribution is -0.129. The van der Waals surface area contributed by atoms with Crippen molar-refractivity contribution in [2.75, 3.05) is 26.7 Å². The molecular weight excluding hydrogens is 316 g/mol. The number of carboxylic acid groups (broad SMARTS) is 1. The topological polar surface area (TPSA) is 95.0 Å². The van der Waals surface area contributed by atoms with Crippen LogP contribution in [0.5, 0.6) is 0 Å². The minimum Gasteiger partial charge on any atom is -0.477 e. The Bertz CT molecular complexity index is 680. The van der Waals surface area contributed by atoms with Gasteiger partial charge in [0.25, 0.3) is 10.0 Å². The average molecular weight is 332 g/mol. The van der Waals surface area contributed by atoms with Crippen LogP contribution in [0.1, 0.15) is 21.7 Å². The zero-order valence-electron chi connectivity index (χ0n) is 11.7. The zero-order chi connectivity index (χ0) is 15.8. The van der Waals surface area contributed by atoms with Crippen LogP contribution in [0.4, 0.5) is 0 Å². The lowest BCUT2D eigenvalue weighted by Crippen LogP contribution is -2.37. The Morgan fingerprint density at radius 3 is 2.62 bits per heavy atom. The predicted octanol–water partition coefficient (Wildman–Crippen LogP) is 0.608. The van der Waals surface area contributed by atoms with E-state index in [0.717, 1.165) is 15.6 Å². The van der Waals surface area contributed by atoms with Crippen LogP contribution in [0, 0.1) is 6.92 Å². The first-order valence-electron chi connectivity index (χ1n) is 6.31. The smallest absolute Gasteiger partial charge is 0.346 e. The number of sulfonamides is 1. The number of aryl methyl sites for hydroxylation is 1. The van der Waals surface area contributed by atoms with Crippen molar-refractivity contribution in [1.82, 2.24) is 9.21 Å². The molecule has 0 atom stereocenters. The number of thiophene rings is 1. The van der Waals surface area contributed by atoms with Crippen LogP contribution in [0.15, 0.2) is 10.3 Å². The highest BCUT2D eigenvalue weighted by molar-refractivity contribution is 7.91. The molecule has 0 aromatic carbocycles. The highest BCUT2D eigenvalue weighted by Crippen LogP contribution is 2.29. The SMILES string of the molecule is Cc1cc(S(=O)(=O)N2CCCN(C)C(=O)C2)sc1C(=O)O. The summed E-state index contributed by atoms with van der Waals surface area (Å²) in [4.78, 5) is 24.3. The number of carbonyl (C=O) groups is 2. The predicted molar refractivity (Wildman–Crippen MR) is 77.0 cm³/mol. The van der Waals surface area contributed by atoms with E-state index >= 15 is 0 Å². The maximum atomic E-state index is 12.6. The van der Waals surface area contributed by atoms with E-state index in [2.05, 4.69) is 0 Å². The van der Waals surface area contributed by atoms with Crippen molar-refractivity contribution in [3.05, 3.63) is 16.5 Å². The van der Waals surface area contributed by atoms with E-state index in [1.165, 1.54) is 11.0 Å². The molecule has 0 radical (unpaired) electrons. The van der Waals surface area contributed by atoms with E-state index in [9.17, 15) is 18.0 Å². The molecule has 7 nitrogen and oxygen atoms in total. The van der Waals surface area contributed by atoms with Gasteiger partial charge in [-0.3, -0.25) is 4.79 Å². The molecule has 116 valence electrons. The van der Waals surface area contributed by atoms with Crippen molar-refractivity contribution in [3.63, 3.8) is 0 Å². The number of nitrogens with zero attached hydrogens (tertiary/aromatic N) is 2. The fourth-order valence-corrected chi connectivity index (χ4v) is 5.05. The molecular formula is C12H16N2O5S2. The zero-order valence-corrected chi connectivity index (χ0v) is 13.3. The Kier molecular flexibility index (Phi) is 4.35. The number of amides is 1. The second kappa shape index (κ2) is 5.74. The van der Waals surface area contributed by atoms with E-state index < -0.39 is 16.0 Å². The molecule has 2 rings (SSSR count). The molecule has 0 aliphatic carbocycles. The summed E-state index contributed by atoms with van der Waals surface area (Å²) in [6, 6.07) is 1.35. The van der Waals surface area contributed by atoms with Crippen molar-refractivity contribution in [3.8, 4) is 0 Å². The number of hydrogen-bond donors (Lipinski definition) is 1. The van der Waals surface area contributed by atoms with E-state index in [4.69, 9.17) is 5.11 Å². The van der Waals surface area contributed by atoms with E-state index in [-0.39, 0.29) is 28.1 Å². The monoisotopic (exact) mass is 332 g/mol. The number of likely N-dealkylation sites (N-methyl/N-ethyl adjacent to an activating group) is 1. The van der Waals surface area contributed by atoms with Crippen molar-refractivity contribution in [1.29, 1.82) is 0 Å². The molecule has 1 fully saturated rings. The lowest BCUT2D eigenvalue weighted by atomic mass is 10.3. The first-order valence-corrected chi connectivity index (χ1v) is 8.57. The van der Waals surface area contributed by atoms with Gasteiger partial charge in [-0.25, -0.2) is 13.2 Å². The third-order valence-corrected chi connectivity index (χ3v) is 6.84. The third kappa shape index (κ3) is 3.09. The Hall–Kier alpha value is -1.45. The second-order valence-corrected chi connectivity index (χ2v) is 8.11. The lowest BCUT2D eigenvalue weighted by Gasteiger charge is -2.18. The molecule has 21 heavy (non-hydrogen) atoms. The highest BCUT2D eigenvalue weighted by Gasteiger charge is 2.32. The summed E-state index contributed by atoms with van der Waals surface area (Å²) in [5.74, 6) is -1.41. The Labute approximate surface area is 126 Å². The highest BCUT2D eigenvalue weighted by atomic mass is 32.2. The van der Waals surface area contributed by atoms with Gasteiger partial charge in [-0.1, -0.05) is 0 Å². The second-order valence-electron chi connectivity index (χ2n) is 4.89. The summed E-state index contributed by atoms with van der Waals surface area (Å²) >= 11 is 0.723. The molecule has 1 saturated heterocycles. The van der Waals surface area contributed by atoms with Gasteiger partial charge in [0, 0.05) is 20.1 Å². The third-order valence-electron chi connectivity index (χ3n) is 3.32. The van der Waals surface area contributed by atoms with Gasteiger partial charge in [0.05, 0.1) is 6.54 Å². The quantitative estimate of drug-likeness (QED) is 0.875. The number of rotatable bonds is 3. The molecule has 2 heterocycles. The molecule has 0 saturated carbocycles. The first kappa shape index (κ1) is 15.9. The Morgan fingerprint density at radius 2 is 2.05 bits per heavy atom. The minimum atomic E-state index is -3.84. The summed E-state index contributed by atoms with van der Waals surface area (Å²) < 4.78 is 26.2. The summed E-state index contributed by atoms with van der Waals surface area (Å²) in [6.07, 6.45) is 0.553. The van der Waals surface area contributed by atoms with Gasteiger partial charge in [-0.2, -0.15) is 4.31 Å². The van der Waals surface area contributed by atoms with Crippen LogP contribution < -0.4 is 0 Å². The van der Waals surface area contributed by atoms with Gasteiger partial charge < -0.3 is 10.0 Å². The molecule has 0 bridgehead atoms. The largest absolute Gasteiger partial charge is 0.477 e. The first-order chi connectivity index (χ1) is 9.73. The van der Waals surface area contributed by atoms with Crippen LogP contribution in [0.25, 0.3) is 0 Å². The van der Waals surface area contributed by atoms with Crippen LogP contribution in [-0.4, -0.2) is 61.3 Å². The van der Waals surface area contributed by atoms with Gasteiger partial charge in [-0.05, 0) is 25.0 Å². The number of carboxylic acids is 1. The van der Waals surface area contributed by atoms with Crippen LogP contribution >= 0.6 is 11.3 Å². The minimum absolute atomic E-state index is 0.00633. The van der Waals surface area contributed by atoms with Crippen molar-refractivity contribution < 1.29 is 23.1 Å². The van der Waals surface area contributed by atoms with Crippen LogP contribution in [0.2, 0.25) is 0 Å². The molecule has 0 unspecified atom stereocenters. The van der Waals surface area contributed by atoms with Crippen molar-refractivity contribution in [2.45, 2.75) is 17.6 Å². The molecule has 1 aromatic rings. The van der Waals surface area contributed by atoms with Gasteiger partial charge in [0.1, 0.15) is 9.09 Å². The molecule has 1 aliphatic heterocycles. The maximum Gasteiger partial charge on any atom is 0.346 e. The molecule has 1 amide bonds. The summed E-state index contributed by atoms with van der Waals surface area (Å²) in [6.45, 7) is 2.10. The fourth-order valence-electron chi connectivity index (χ4n) is 2.08. The summed E-state index contributed by atoms with van der Waals surface area (Å²) in [5, 5.41) is 9.02. The normalized spacial score (nSPS) is 17.8.